The van der Waals surface area contributed by atoms with E-state index in [9.17, 15) is 19.8 Å². The van der Waals surface area contributed by atoms with Gasteiger partial charge in [0.15, 0.2) is 0 Å². The number of carbonyl (C=O) groups is 2. The van der Waals surface area contributed by atoms with Crippen molar-refractivity contribution in [3.63, 3.8) is 0 Å². The van der Waals surface area contributed by atoms with Crippen LogP contribution in [0.25, 0.3) is 0 Å². The van der Waals surface area contributed by atoms with Crippen LogP contribution in [0.4, 0.5) is 0 Å². The summed E-state index contributed by atoms with van der Waals surface area (Å²) >= 11 is 0. The molecule has 0 saturated heterocycles. The number of hydrogen-bond donors (Lipinski definition) is 3. The van der Waals surface area contributed by atoms with E-state index in [1.165, 1.54) is 334 Å². The SMILES string of the molecule is CCCCCCCC/C=C\CCCCCCCCCC(=O)OCCCCCCCCCCCCCCCCCCCCCCCCCCCCCC(=O)NC(CO)C(O)/C=C/CCCCCCCCCCCCCCCCCC. The van der Waals surface area contributed by atoms with Crippen molar-refractivity contribution in [3.8, 4) is 0 Å². The fourth-order valence-corrected chi connectivity index (χ4v) is 11.5. The lowest BCUT2D eigenvalue weighted by Gasteiger charge is -2.20. The van der Waals surface area contributed by atoms with Crippen LogP contribution in [-0.2, 0) is 14.3 Å². The van der Waals surface area contributed by atoms with Gasteiger partial charge in [-0.05, 0) is 57.8 Å². The Balaban J connectivity index is 3.36. The molecule has 79 heavy (non-hydrogen) atoms. The Kier molecular flexibility index (Phi) is 67.4. The molecule has 0 spiro atoms. The molecular weight excluding hydrogens is 971 g/mol. The molecule has 0 saturated carbocycles. The summed E-state index contributed by atoms with van der Waals surface area (Å²) in [6, 6.07) is -0.626. The molecule has 0 aromatic rings. The summed E-state index contributed by atoms with van der Waals surface area (Å²) in [5, 5.41) is 23.2. The number of esters is 1. The van der Waals surface area contributed by atoms with Crippen LogP contribution in [0.15, 0.2) is 24.3 Å². The van der Waals surface area contributed by atoms with Crippen LogP contribution >= 0.6 is 0 Å². The number of allylic oxidation sites excluding steroid dienone is 3. The minimum Gasteiger partial charge on any atom is -0.466 e. The van der Waals surface area contributed by atoms with Crippen molar-refractivity contribution in [3.05, 3.63) is 24.3 Å². The zero-order valence-corrected chi connectivity index (χ0v) is 53.6. The third-order valence-electron chi connectivity index (χ3n) is 17.0. The smallest absolute Gasteiger partial charge is 0.305 e. The van der Waals surface area contributed by atoms with Crippen molar-refractivity contribution in [2.24, 2.45) is 0 Å². The number of aliphatic hydroxyl groups excluding tert-OH is 2. The molecule has 6 nitrogen and oxygen atoms in total. The first-order valence-electron chi connectivity index (χ1n) is 36.1. The Morgan fingerprint density at radius 3 is 0.899 bits per heavy atom. The molecule has 1 amide bonds. The predicted molar refractivity (Wildman–Crippen MR) is 347 cm³/mol. The first kappa shape index (κ1) is 77.3. The molecule has 2 atom stereocenters. The van der Waals surface area contributed by atoms with Crippen LogP contribution in [0.5, 0.6) is 0 Å². The number of nitrogens with one attached hydrogen (secondary N) is 1. The second-order valence-corrected chi connectivity index (χ2v) is 24.9. The van der Waals surface area contributed by atoms with E-state index < -0.39 is 12.1 Å². The Labute approximate surface area is 494 Å². The molecule has 0 aromatic heterocycles. The largest absolute Gasteiger partial charge is 0.466 e. The van der Waals surface area contributed by atoms with Gasteiger partial charge >= 0.3 is 5.97 Å². The fourth-order valence-electron chi connectivity index (χ4n) is 11.5. The number of rotatable bonds is 68. The van der Waals surface area contributed by atoms with Crippen LogP contribution in [0.3, 0.4) is 0 Å². The van der Waals surface area contributed by atoms with E-state index in [-0.39, 0.29) is 18.5 Å². The Bertz CT molecular complexity index is 1230. The first-order valence-corrected chi connectivity index (χ1v) is 36.1. The number of hydrogen-bond acceptors (Lipinski definition) is 5. The summed E-state index contributed by atoms with van der Waals surface area (Å²) in [6.45, 7) is 4.94. The van der Waals surface area contributed by atoms with Crippen LogP contribution in [0.2, 0.25) is 0 Å². The first-order chi connectivity index (χ1) is 39.0. The van der Waals surface area contributed by atoms with Gasteiger partial charge in [0.2, 0.25) is 5.91 Å². The third-order valence-corrected chi connectivity index (χ3v) is 17.0. The van der Waals surface area contributed by atoms with Gasteiger partial charge in [-0.15, -0.1) is 0 Å². The molecule has 0 fully saturated rings. The summed E-state index contributed by atoms with van der Waals surface area (Å²) < 4.78 is 5.50. The van der Waals surface area contributed by atoms with Crippen LogP contribution in [-0.4, -0.2) is 47.4 Å². The van der Waals surface area contributed by atoms with Gasteiger partial charge in [0.25, 0.3) is 0 Å². The fraction of sp³-hybridized carbons (Fsp3) is 0.918. The van der Waals surface area contributed by atoms with Gasteiger partial charge in [-0.25, -0.2) is 0 Å². The van der Waals surface area contributed by atoms with E-state index in [1.54, 1.807) is 6.08 Å². The molecule has 6 heteroatoms. The van der Waals surface area contributed by atoms with E-state index in [4.69, 9.17) is 4.74 Å². The molecule has 0 aliphatic heterocycles. The summed E-state index contributed by atoms with van der Waals surface area (Å²) in [5.41, 5.74) is 0. The van der Waals surface area contributed by atoms with Crippen LogP contribution in [0, 0.1) is 0 Å². The molecule has 0 bridgehead atoms. The average Bonchev–Trinajstić information content (AvgIpc) is 3.45. The minimum atomic E-state index is -0.843. The van der Waals surface area contributed by atoms with Crippen LogP contribution < -0.4 is 5.32 Å². The van der Waals surface area contributed by atoms with Gasteiger partial charge in [-0.2, -0.15) is 0 Å². The average molecular weight is 1110 g/mol. The Morgan fingerprint density at radius 2 is 0.595 bits per heavy atom. The summed E-state index contributed by atoms with van der Waals surface area (Å²) in [4.78, 5) is 24.6. The van der Waals surface area contributed by atoms with E-state index in [2.05, 4.69) is 31.3 Å². The molecule has 0 heterocycles. The highest BCUT2D eigenvalue weighted by Gasteiger charge is 2.18. The van der Waals surface area contributed by atoms with Crippen LogP contribution in [0.1, 0.15) is 406 Å². The van der Waals surface area contributed by atoms with Crippen molar-refractivity contribution in [2.75, 3.05) is 13.2 Å². The molecule has 0 rings (SSSR count). The number of amides is 1. The quantitative estimate of drug-likeness (QED) is 0.0320. The zero-order valence-electron chi connectivity index (χ0n) is 53.6. The van der Waals surface area contributed by atoms with E-state index >= 15 is 0 Å². The minimum absolute atomic E-state index is 0.0152. The number of carbonyl (C=O) groups excluding carboxylic acids is 2. The molecule has 2 unspecified atom stereocenters. The molecule has 468 valence electrons. The van der Waals surface area contributed by atoms with Gasteiger partial charge in [0.05, 0.1) is 25.4 Å². The van der Waals surface area contributed by atoms with Crippen molar-refractivity contribution in [1.29, 1.82) is 0 Å². The monoisotopic (exact) mass is 1110 g/mol. The van der Waals surface area contributed by atoms with Crippen molar-refractivity contribution in [2.45, 2.75) is 418 Å². The maximum Gasteiger partial charge on any atom is 0.305 e. The van der Waals surface area contributed by atoms with Gasteiger partial charge in [-0.1, -0.05) is 359 Å². The third kappa shape index (κ3) is 65.4. The molecule has 0 aliphatic carbocycles. The number of unbranched alkanes of at least 4 members (excludes halogenated alkanes) is 55. The van der Waals surface area contributed by atoms with Crippen molar-refractivity contribution in [1.82, 2.24) is 5.32 Å². The highest BCUT2D eigenvalue weighted by molar-refractivity contribution is 5.76. The zero-order chi connectivity index (χ0) is 57.1. The predicted octanol–water partition coefficient (Wildman–Crippen LogP) is 23.3. The molecular formula is C73H141NO5. The molecule has 3 N–H and O–H groups in total. The molecule has 0 radical (unpaired) electrons. The van der Waals surface area contributed by atoms with E-state index in [0.29, 0.717) is 19.4 Å². The number of aliphatic hydroxyl groups is 2. The summed E-state index contributed by atoms with van der Waals surface area (Å²) in [7, 11) is 0. The standard InChI is InChI=1S/C73H141NO5/c1-3-5-7-9-11-13-15-17-19-21-34-37-41-45-49-53-57-61-65-71(76)70(69-75)74-72(77)66-62-58-54-50-46-42-38-35-31-29-27-25-23-22-24-26-28-30-32-36-40-44-48-52-56-60-64-68-79-73(78)67-63-59-55-51-47-43-39-33-20-18-16-14-12-10-8-6-4-2/h18,20,61,65,70-71,75-76H,3-17,19,21-60,62-64,66-69H2,1-2H3,(H,74,77)/b20-18-,65-61+. The second kappa shape index (κ2) is 68.8. The van der Waals surface area contributed by atoms with E-state index in [1.807, 2.05) is 6.08 Å². The summed E-state index contributed by atoms with van der Waals surface area (Å²) in [6.07, 6.45) is 86.9. The lowest BCUT2D eigenvalue weighted by Crippen LogP contribution is -2.45. The summed E-state index contributed by atoms with van der Waals surface area (Å²) in [5.74, 6) is -0.0465. The van der Waals surface area contributed by atoms with Gasteiger partial charge in [-0.3, -0.25) is 9.59 Å². The highest BCUT2D eigenvalue weighted by atomic mass is 16.5. The molecule has 0 aromatic carbocycles. The normalized spacial score (nSPS) is 12.6. The van der Waals surface area contributed by atoms with E-state index in [0.717, 1.165) is 44.9 Å². The maximum absolute atomic E-state index is 12.5. The molecule has 0 aliphatic rings. The topological polar surface area (TPSA) is 95.9 Å². The maximum atomic E-state index is 12.5. The Hall–Kier alpha value is -1.66. The van der Waals surface area contributed by atoms with Gasteiger partial charge in [0, 0.05) is 12.8 Å². The van der Waals surface area contributed by atoms with Crippen molar-refractivity contribution >= 4 is 11.9 Å². The number of ether oxygens (including phenoxy) is 1. The van der Waals surface area contributed by atoms with Gasteiger partial charge in [0.1, 0.15) is 0 Å². The van der Waals surface area contributed by atoms with Gasteiger partial charge < -0.3 is 20.3 Å². The lowest BCUT2D eigenvalue weighted by molar-refractivity contribution is -0.143. The Morgan fingerprint density at radius 1 is 0.342 bits per heavy atom. The second-order valence-electron chi connectivity index (χ2n) is 24.9. The highest BCUT2D eigenvalue weighted by Crippen LogP contribution is 2.19. The van der Waals surface area contributed by atoms with Crippen molar-refractivity contribution < 1.29 is 24.5 Å². The lowest BCUT2D eigenvalue weighted by atomic mass is 10.0.